The first-order valence-corrected chi connectivity index (χ1v) is 9.03. The SMILES string of the molecule is CCSC1CCC(n2c(CCl)nc3cc(Cl)ccc32)C1. The maximum atomic E-state index is 6.10. The molecule has 20 heavy (non-hydrogen) atoms. The van der Waals surface area contributed by atoms with Gasteiger partial charge in [-0.2, -0.15) is 11.8 Å². The molecule has 5 heteroatoms. The average molecular weight is 329 g/mol. The summed E-state index contributed by atoms with van der Waals surface area (Å²) in [5, 5.41) is 1.51. The van der Waals surface area contributed by atoms with Crippen molar-refractivity contribution in [3.63, 3.8) is 0 Å². The maximum absolute atomic E-state index is 6.10. The van der Waals surface area contributed by atoms with Gasteiger partial charge in [0.2, 0.25) is 0 Å². The Morgan fingerprint density at radius 2 is 2.25 bits per heavy atom. The molecule has 1 heterocycles. The second-order valence-electron chi connectivity index (χ2n) is 5.21. The first-order valence-electron chi connectivity index (χ1n) is 7.06. The molecule has 108 valence electrons. The van der Waals surface area contributed by atoms with Crippen LogP contribution in [-0.4, -0.2) is 20.6 Å². The van der Waals surface area contributed by atoms with Crippen molar-refractivity contribution in [3.8, 4) is 0 Å². The molecule has 0 N–H and O–H groups in total. The van der Waals surface area contributed by atoms with Gasteiger partial charge in [-0.25, -0.2) is 4.98 Å². The van der Waals surface area contributed by atoms with E-state index in [1.165, 1.54) is 25.0 Å². The standard InChI is InChI=1S/C15H18Cl2N2S/c1-2-20-12-5-4-11(8-12)19-14-6-3-10(17)7-13(14)18-15(19)9-16/h3,6-7,11-12H,2,4-5,8-9H2,1H3. The van der Waals surface area contributed by atoms with Crippen molar-refractivity contribution in [2.45, 2.75) is 43.4 Å². The lowest BCUT2D eigenvalue weighted by atomic mass is 10.2. The monoisotopic (exact) mass is 328 g/mol. The molecule has 1 aliphatic carbocycles. The molecule has 2 unspecified atom stereocenters. The number of benzene rings is 1. The van der Waals surface area contributed by atoms with Crippen molar-refractivity contribution < 1.29 is 0 Å². The lowest BCUT2D eigenvalue weighted by Gasteiger charge is -2.16. The number of hydrogen-bond acceptors (Lipinski definition) is 2. The second kappa shape index (κ2) is 6.17. The molecule has 2 atom stereocenters. The van der Waals surface area contributed by atoms with Crippen molar-refractivity contribution >= 4 is 46.0 Å². The van der Waals surface area contributed by atoms with E-state index in [-0.39, 0.29) is 0 Å². The van der Waals surface area contributed by atoms with Crippen LogP contribution in [0.1, 0.15) is 38.1 Å². The van der Waals surface area contributed by atoms with Crippen molar-refractivity contribution in [1.29, 1.82) is 0 Å². The normalized spacial score (nSPS) is 22.8. The van der Waals surface area contributed by atoms with Gasteiger partial charge in [0.25, 0.3) is 0 Å². The number of fused-ring (bicyclic) bond motifs is 1. The summed E-state index contributed by atoms with van der Waals surface area (Å²) in [5.41, 5.74) is 2.12. The van der Waals surface area contributed by atoms with Crippen LogP contribution in [0, 0.1) is 0 Å². The van der Waals surface area contributed by atoms with Gasteiger partial charge in [-0.05, 0) is 43.2 Å². The molecular formula is C15H18Cl2N2S. The summed E-state index contributed by atoms with van der Waals surface area (Å²) in [7, 11) is 0. The van der Waals surface area contributed by atoms with Crippen LogP contribution in [0.25, 0.3) is 11.0 Å². The van der Waals surface area contributed by atoms with Gasteiger partial charge in [-0.1, -0.05) is 18.5 Å². The molecule has 2 nitrogen and oxygen atoms in total. The highest BCUT2D eigenvalue weighted by Crippen LogP contribution is 2.39. The Hall–Kier alpha value is -0.380. The minimum Gasteiger partial charge on any atom is -0.324 e. The largest absolute Gasteiger partial charge is 0.324 e. The number of thioether (sulfide) groups is 1. The van der Waals surface area contributed by atoms with Gasteiger partial charge in [0.1, 0.15) is 5.82 Å². The topological polar surface area (TPSA) is 17.8 Å². The number of nitrogens with zero attached hydrogens (tertiary/aromatic N) is 2. The molecule has 1 aromatic heterocycles. The van der Waals surface area contributed by atoms with Gasteiger partial charge in [0, 0.05) is 16.3 Å². The van der Waals surface area contributed by atoms with Crippen LogP contribution in [0.3, 0.4) is 0 Å². The van der Waals surface area contributed by atoms with Gasteiger partial charge in [-0.3, -0.25) is 0 Å². The quantitative estimate of drug-likeness (QED) is 0.711. The zero-order valence-corrected chi connectivity index (χ0v) is 13.8. The van der Waals surface area contributed by atoms with E-state index < -0.39 is 0 Å². The zero-order chi connectivity index (χ0) is 14.1. The smallest absolute Gasteiger partial charge is 0.125 e. The first kappa shape index (κ1) is 14.6. The van der Waals surface area contributed by atoms with Crippen LogP contribution in [-0.2, 0) is 5.88 Å². The highest BCUT2D eigenvalue weighted by Gasteiger charge is 2.28. The Morgan fingerprint density at radius 3 is 3.00 bits per heavy atom. The molecule has 0 amide bonds. The van der Waals surface area contributed by atoms with Crippen LogP contribution in [0.5, 0.6) is 0 Å². The number of aromatic nitrogens is 2. The van der Waals surface area contributed by atoms with Crippen LogP contribution < -0.4 is 0 Å². The summed E-state index contributed by atoms with van der Waals surface area (Å²) in [6.45, 7) is 2.23. The molecule has 1 aromatic carbocycles. The fourth-order valence-corrected chi connectivity index (χ4v) is 4.65. The molecule has 1 fully saturated rings. The molecule has 3 rings (SSSR count). The van der Waals surface area contributed by atoms with E-state index in [0.29, 0.717) is 11.9 Å². The molecule has 0 radical (unpaired) electrons. The third kappa shape index (κ3) is 2.68. The van der Waals surface area contributed by atoms with Gasteiger partial charge in [-0.15, -0.1) is 11.6 Å². The van der Waals surface area contributed by atoms with E-state index in [4.69, 9.17) is 23.2 Å². The molecule has 0 aliphatic heterocycles. The summed E-state index contributed by atoms with van der Waals surface area (Å²) in [5.74, 6) is 2.62. The van der Waals surface area contributed by atoms with E-state index >= 15 is 0 Å². The third-order valence-corrected chi connectivity index (χ3v) is 5.68. The van der Waals surface area contributed by atoms with E-state index in [0.717, 1.165) is 27.1 Å². The van der Waals surface area contributed by atoms with Crippen LogP contribution in [0.2, 0.25) is 5.02 Å². The van der Waals surface area contributed by atoms with Crippen molar-refractivity contribution in [2.24, 2.45) is 0 Å². The summed E-state index contributed by atoms with van der Waals surface area (Å²) in [6.07, 6.45) is 3.73. The second-order valence-corrected chi connectivity index (χ2v) is 7.49. The maximum Gasteiger partial charge on any atom is 0.125 e. The summed E-state index contributed by atoms with van der Waals surface area (Å²) in [6, 6.07) is 6.46. The highest BCUT2D eigenvalue weighted by atomic mass is 35.5. The molecule has 1 saturated carbocycles. The Balaban J connectivity index is 1.98. The minimum absolute atomic E-state index is 0.453. The van der Waals surface area contributed by atoms with E-state index in [2.05, 4.69) is 34.3 Å². The predicted octanol–water partition coefficient (Wildman–Crippen LogP) is 5.28. The Labute approximate surface area is 133 Å². The van der Waals surface area contributed by atoms with E-state index in [1.54, 1.807) is 0 Å². The van der Waals surface area contributed by atoms with Crippen LogP contribution >= 0.6 is 35.0 Å². The Kier molecular flexibility index (Phi) is 4.49. The van der Waals surface area contributed by atoms with E-state index in [1.807, 2.05) is 12.1 Å². The van der Waals surface area contributed by atoms with Gasteiger partial charge < -0.3 is 4.57 Å². The van der Waals surface area contributed by atoms with Crippen LogP contribution in [0.15, 0.2) is 18.2 Å². The highest BCUT2D eigenvalue weighted by molar-refractivity contribution is 7.99. The predicted molar refractivity (Wildman–Crippen MR) is 89.1 cm³/mol. The molecule has 0 bridgehead atoms. The molecule has 1 aliphatic rings. The summed E-state index contributed by atoms with van der Waals surface area (Å²) < 4.78 is 2.34. The van der Waals surface area contributed by atoms with Crippen molar-refractivity contribution in [1.82, 2.24) is 9.55 Å². The van der Waals surface area contributed by atoms with Gasteiger partial charge in [0.15, 0.2) is 0 Å². The van der Waals surface area contributed by atoms with E-state index in [9.17, 15) is 0 Å². The number of alkyl halides is 1. The summed E-state index contributed by atoms with van der Waals surface area (Å²) >= 11 is 14.2. The molecular weight excluding hydrogens is 311 g/mol. The number of imidazole rings is 1. The third-order valence-electron chi connectivity index (χ3n) is 3.97. The fraction of sp³-hybridized carbons (Fsp3) is 0.533. The van der Waals surface area contributed by atoms with Crippen molar-refractivity contribution in [3.05, 3.63) is 29.0 Å². The first-order chi connectivity index (χ1) is 9.72. The molecule has 0 spiro atoms. The lowest BCUT2D eigenvalue weighted by Crippen LogP contribution is -2.09. The molecule has 0 saturated heterocycles. The lowest BCUT2D eigenvalue weighted by molar-refractivity contribution is 0.519. The Morgan fingerprint density at radius 1 is 1.40 bits per heavy atom. The summed E-state index contributed by atoms with van der Waals surface area (Å²) in [4.78, 5) is 4.65. The van der Waals surface area contributed by atoms with Crippen LogP contribution in [0.4, 0.5) is 0 Å². The van der Waals surface area contributed by atoms with Gasteiger partial charge >= 0.3 is 0 Å². The number of hydrogen-bond donors (Lipinski definition) is 0. The average Bonchev–Trinajstić information content (AvgIpc) is 3.02. The Bertz CT molecular complexity index is 611. The fourth-order valence-electron chi connectivity index (χ4n) is 3.16. The number of rotatable bonds is 4. The van der Waals surface area contributed by atoms with Gasteiger partial charge in [0.05, 0.1) is 16.9 Å². The number of halogens is 2. The minimum atomic E-state index is 0.453. The van der Waals surface area contributed by atoms with Crippen molar-refractivity contribution in [2.75, 3.05) is 5.75 Å². The zero-order valence-electron chi connectivity index (χ0n) is 11.5. The molecule has 2 aromatic rings.